The minimum absolute atomic E-state index is 0.303. The zero-order chi connectivity index (χ0) is 12.9. The van der Waals surface area contributed by atoms with E-state index in [1.807, 2.05) is 24.2 Å². The highest BCUT2D eigenvalue weighted by molar-refractivity contribution is 8.00. The molecule has 0 saturated carbocycles. The maximum Gasteiger partial charge on any atom is 0.126 e. The van der Waals surface area contributed by atoms with Gasteiger partial charge < -0.3 is 9.88 Å². The number of nitrogens with one attached hydrogen (secondary N) is 1. The first kappa shape index (κ1) is 14.6. The highest BCUT2D eigenvalue weighted by Crippen LogP contribution is 2.27. The van der Waals surface area contributed by atoms with E-state index in [0.717, 1.165) is 24.5 Å². The van der Waals surface area contributed by atoms with Gasteiger partial charge in [0.2, 0.25) is 0 Å². The van der Waals surface area contributed by atoms with Crippen molar-refractivity contribution in [2.75, 3.05) is 12.3 Å². The van der Waals surface area contributed by atoms with Gasteiger partial charge in [0.25, 0.3) is 0 Å². The van der Waals surface area contributed by atoms with E-state index in [4.69, 9.17) is 0 Å². The summed E-state index contributed by atoms with van der Waals surface area (Å²) in [6.45, 7) is 10.0. The van der Waals surface area contributed by atoms with Crippen LogP contribution in [0.15, 0.2) is 12.4 Å². The number of rotatable bonds is 6. The number of aryl methyl sites for hydroxylation is 1. The van der Waals surface area contributed by atoms with Crippen LogP contribution in [0.3, 0.4) is 0 Å². The Morgan fingerprint density at radius 2 is 2.18 bits per heavy atom. The molecule has 0 amide bonds. The smallest absolute Gasteiger partial charge is 0.126 e. The van der Waals surface area contributed by atoms with Crippen LogP contribution in [-0.2, 0) is 7.05 Å². The first-order chi connectivity index (χ1) is 7.94. The molecule has 0 radical (unpaired) electrons. The molecule has 1 N–H and O–H groups in total. The fourth-order valence-corrected chi connectivity index (χ4v) is 2.52. The molecule has 0 aliphatic heterocycles. The Hall–Kier alpha value is -0.480. The molecule has 0 fully saturated rings. The fraction of sp³-hybridized carbons (Fsp3) is 0.769. The lowest BCUT2D eigenvalue weighted by molar-refractivity contribution is 0.534. The van der Waals surface area contributed by atoms with Crippen LogP contribution in [0, 0.1) is 0 Å². The Morgan fingerprint density at radius 1 is 1.47 bits per heavy atom. The largest absolute Gasteiger partial charge is 0.337 e. The summed E-state index contributed by atoms with van der Waals surface area (Å²) in [6, 6.07) is 0.346. The van der Waals surface area contributed by atoms with Crippen molar-refractivity contribution in [3.63, 3.8) is 0 Å². The Labute approximate surface area is 109 Å². The quantitative estimate of drug-likeness (QED) is 0.847. The Bertz CT molecular complexity index is 328. The van der Waals surface area contributed by atoms with Gasteiger partial charge in [0.1, 0.15) is 5.82 Å². The maximum absolute atomic E-state index is 4.46. The Morgan fingerprint density at radius 3 is 2.65 bits per heavy atom. The van der Waals surface area contributed by atoms with Crippen LogP contribution in [0.4, 0.5) is 0 Å². The van der Waals surface area contributed by atoms with Gasteiger partial charge in [-0.25, -0.2) is 4.98 Å². The lowest BCUT2D eigenvalue weighted by Gasteiger charge is -2.23. The van der Waals surface area contributed by atoms with Crippen molar-refractivity contribution in [3.05, 3.63) is 18.2 Å². The van der Waals surface area contributed by atoms with Crippen molar-refractivity contribution in [3.8, 4) is 0 Å². The third-order valence-electron chi connectivity index (χ3n) is 2.49. The first-order valence-electron chi connectivity index (χ1n) is 6.28. The summed E-state index contributed by atoms with van der Waals surface area (Å²) in [5.74, 6) is 2.20. The average molecular weight is 255 g/mol. The number of nitrogens with zero attached hydrogens (tertiary/aromatic N) is 2. The molecular formula is C13H25N3S. The van der Waals surface area contributed by atoms with E-state index in [9.17, 15) is 0 Å². The van der Waals surface area contributed by atoms with Gasteiger partial charge in [0.05, 0.1) is 6.04 Å². The van der Waals surface area contributed by atoms with E-state index in [2.05, 4.69) is 49.6 Å². The maximum atomic E-state index is 4.46. The number of hydrogen-bond donors (Lipinski definition) is 1. The predicted molar refractivity (Wildman–Crippen MR) is 76.5 cm³/mol. The van der Waals surface area contributed by atoms with Crippen molar-refractivity contribution in [1.29, 1.82) is 0 Å². The van der Waals surface area contributed by atoms with Gasteiger partial charge in [-0.15, -0.1) is 0 Å². The van der Waals surface area contributed by atoms with Gasteiger partial charge in [-0.05, 0) is 13.0 Å². The molecule has 1 unspecified atom stereocenters. The second kappa shape index (κ2) is 6.45. The van der Waals surface area contributed by atoms with Gasteiger partial charge >= 0.3 is 0 Å². The summed E-state index contributed by atoms with van der Waals surface area (Å²) in [6.07, 6.45) is 5.04. The number of imidazole rings is 1. The topological polar surface area (TPSA) is 29.9 Å². The molecule has 0 aromatic carbocycles. The van der Waals surface area contributed by atoms with E-state index in [1.165, 1.54) is 0 Å². The second-order valence-corrected chi connectivity index (χ2v) is 7.17. The summed E-state index contributed by atoms with van der Waals surface area (Å²) >= 11 is 1.98. The van der Waals surface area contributed by atoms with E-state index in [0.29, 0.717) is 10.8 Å². The molecule has 0 aliphatic carbocycles. The van der Waals surface area contributed by atoms with Gasteiger partial charge in [-0.3, -0.25) is 0 Å². The average Bonchev–Trinajstić information content (AvgIpc) is 2.63. The van der Waals surface area contributed by atoms with Crippen molar-refractivity contribution in [2.45, 2.75) is 44.9 Å². The van der Waals surface area contributed by atoms with Gasteiger partial charge in [0, 0.05) is 29.9 Å². The molecule has 17 heavy (non-hydrogen) atoms. The molecule has 98 valence electrons. The summed E-state index contributed by atoms with van der Waals surface area (Å²) in [5.41, 5.74) is 0. The zero-order valence-electron chi connectivity index (χ0n) is 11.7. The molecule has 0 bridgehead atoms. The van der Waals surface area contributed by atoms with E-state index < -0.39 is 0 Å². The molecule has 0 spiro atoms. The van der Waals surface area contributed by atoms with Crippen LogP contribution in [0.5, 0.6) is 0 Å². The third kappa shape index (κ3) is 5.13. The SMILES string of the molecule is CCCNC(CSC(C)(C)C)c1nccn1C. The Balaban J connectivity index is 2.64. The van der Waals surface area contributed by atoms with E-state index in [1.54, 1.807) is 0 Å². The van der Waals surface area contributed by atoms with Crippen LogP contribution >= 0.6 is 11.8 Å². The predicted octanol–water partition coefficient (Wildman–Crippen LogP) is 2.99. The molecule has 4 heteroatoms. The molecule has 1 rings (SSSR count). The standard InChI is InChI=1S/C13H25N3S/c1-6-7-14-11(10-17-13(2,3)4)12-15-8-9-16(12)5/h8-9,11,14H,6-7,10H2,1-5H3. The molecular weight excluding hydrogens is 230 g/mol. The molecule has 0 saturated heterocycles. The molecule has 3 nitrogen and oxygen atoms in total. The fourth-order valence-electron chi connectivity index (χ4n) is 1.59. The van der Waals surface area contributed by atoms with Gasteiger partial charge in [-0.2, -0.15) is 11.8 Å². The minimum Gasteiger partial charge on any atom is -0.337 e. The summed E-state index contributed by atoms with van der Waals surface area (Å²) < 4.78 is 2.41. The summed E-state index contributed by atoms with van der Waals surface area (Å²) in [5, 5.41) is 3.58. The molecule has 0 aliphatic rings. The molecule has 1 aromatic heterocycles. The normalized spacial score (nSPS) is 13.9. The van der Waals surface area contributed by atoms with Crippen molar-refractivity contribution in [2.24, 2.45) is 7.05 Å². The Kier molecular flexibility index (Phi) is 5.53. The lowest BCUT2D eigenvalue weighted by Crippen LogP contribution is -2.28. The van der Waals surface area contributed by atoms with Crippen molar-refractivity contribution in [1.82, 2.24) is 14.9 Å². The van der Waals surface area contributed by atoms with Crippen LogP contribution in [0.25, 0.3) is 0 Å². The molecule has 1 heterocycles. The molecule has 1 atom stereocenters. The van der Waals surface area contributed by atoms with Crippen LogP contribution < -0.4 is 5.32 Å². The number of hydrogen-bond acceptors (Lipinski definition) is 3. The van der Waals surface area contributed by atoms with Crippen LogP contribution in [0.2, 0.25) is 0 Å². The van der Waals surface area contributed by atoms with Crippen molar-refractivity contribution < 1.29 is 0 Å². The third-order valence-corrected chi connectivity index (χ3v) is 3.86. The monoisotopic (exact) mass is 255 g/mol. The molecule has 1 aromatic rings. The van der Waals surface area contributed by atoms with Gasteiger partial charge in [0.15, 0.2) is 0 Å². The summed E-state index contributed by atoms with van der Waals surface area (Å²) in [4.78, 5) is 4.46. The minimum atomic E-state index is 0.303. The lowest BCUT2D eigenvalue weighted by atomic mass is 10.3. The van der Waals surface area contributed by atoms with Crippen molar-refractivity contribution >= 4 is 11.8 Å². The van der Waals surface area contributed by atoms with E-state index in [-0.39, 0.29) is 0 Å². The highest BCUT2D eigenvalue weighted by atomic mass is 32.2. The highest BCUT2D eigenvalue weighted by Gasteiger charge is 2.19. The van der Waals surface area contributed by atoms with Gasteiger partial charge in [-0.1, -0.05) is 27.7 Å². The number of thioether (sulfide) groups is 1. The number of aromatic nitrogens is 2. The first-order valence-corrected chi connectivity index (χ1v) is 7.27. The summed E-state index contributed by atoms with van der Waals surface area (Å²) in [7, 11) is 2.06. The van der Waals surface area contributed by atoms with E-state index >= 15 is 0 Å². The van der Waals surface area contributed by atoms with Crippen LogP contribution in [0.1, 0.15) is 46.0 Å². The van der Waals surface area contributed by atoms with Crippen LogP contribution in [-0.4, -0.2) is 26.6 Å². The second-order valence-electron chi connectivity index (χ2n) is 5.33. The zero-order valence-corrected chi connectivity index (χ0v) is 12.5.